The molecule has 2 rings (SSSR count). The SMILES string of the molecule is Cc1cc(-c2cc(C)c(Cl)cc2C)c(C)cc1Cl. The summed E-state index contributed by atoms with van der Waals surface area (Å²) in [5.74, 6) is 0. The fourth-order valence-corrected chi connectivity index (χ4v) is 2.58. The summed E-state index contributed by atoms with van der Waals surface area (Å²) in [5.41, 5.74) is 7.04. The van der Waals surface area contributed by atoms with Crippen LogP contribution in [0, 0.1) is 27.7 Å². The Bertz CT molecular complexity index is 557. The average molecular weight is 279 g/mol. The smallest absolute Gasteiger partial charge is 0.0438 e. The first-order chi connectivity index (χ1) is 8.40. The highest BCUT2D eigenvalue weighted by Crippen LogP contribution is 2.33. The highest BCUT2D eigenvalue weighted by molar-refractivity contribution is 6.32. The molecule has 0 nitrogen and oxygen atoms in total. The van der Waals surface area contributed by atoms with Crippen LogP contribution in [0.5, 0.6) is 0 Å². The maximum atomic E-state index is 6.15. The molecular weight excluding hydrogens is 263 g/mol. The van der Waals surface area contributed by atoms with Crippen LogP contribution < -0.4 is 0 Å². The lowest BCUT2D eigenvalue weighted by atomic mass is 9.94. The molecule has 0 aliphatic rings. The van der Waals surface area contributed by atoms with Crippen LogP contribution in [0.15, 0.2) is 24.3 Å². The van der Waals surface area contributed by atoms with Gasteiger partial charge in [-0.2, -0.15) is 0 Å². The first-order valence-corrected chi connectivity index (χ1v) is 6.69. The van der Waals surface area contributed by atoms with E-state index in [0.717, 1.165) is 21.2 Å². The molecule has 18 heavy (non-hydrogen) atoms. The van der Waals surface area contributed by atoms with Crippen molar-refractivity contribution in [3.05, 3.63) is 56.6 Å². The van der Waals surface area contributed by atoms with Gasteiger partial charge in [0.2, 0.25) is 0 Å². The normalized spacial score (nSPS) is 10.8. The fourth-order valence-electron chi connectivity index (χ4n) is 2.14. The Morgan fingerprint density at radius 1 is 0.556 bits per heavy atom. The zero-order valence-corrected chi connectivity index (χ0v) is 12.6. The third kappa shape index (κ3) is 2.41. The molecule has 0 atom stereocenters. The van der Waals surface area contributed by atoms with Gasteiger partial charge >= 0.3 is 0 Å². The van der Waals surface area contributed by atoms with E-state index in [1.807, 2.05) is 26.0 Å². The van der Waals surface area contributed by atoms with E-state index in [1.165, 1.54) is 22.3 Å². The van der Waals surface area contributed by atoms with E-state index in [1.54, 1.807) is 0 Å². The van der Waals surface area contributed by atoms with Crippen molar-refractivity contribution in [3.63, 3.8) is 0 Å². The Balaban J connectivity index is 2.69. The standard InChI is InChI=1S/C16H16Cl2/c1-9-7-15(17)11(3)5-13(9)14-6-12(4)16(18)8-10(14)2/h5-8H,1-4H3. The number of rotatable bonds is 1. The van der Waals surface area contributed by atoms with Crippen LogP contribution in [-0.2, 0) is 0 Å². The van der Waals surface area contributed by atoms with Gasteiger partial charge < -0.3 is 0 Å². The third-order valence-corrected chi connectivity index (χ3v) is 4.12. The van der Waals surface area contributed by atoms with E-state index in [-0.39, 0.29) is 0 Å². The van der Waals surface area contributed by atoms with Crippen molar-refractivity contribution in [1.82, 2.24) is 0 Å². The van der Waals surface area contributed by atoms with E-state index in [9.17, 15) is 0 Å². The van der Waals surface area contributed by atoms with Gasteiger partial charge in [0.05, 0.1) is 0 Å². The zero-order valence-electron chi connectivity index (χ0n) is 11.1. The average Bonchev–Trinajstić information content (AvgIpc) is 2.29. The first-order valence-electron chi connectivity index (χ1n) is 5.94. The van der Waals surface area contributed by atoms with Crippen molar-refractivity contribution in [2.45, 2.75) is 27.7 Å². The minimum absolute atomic E-state index is 0.819. The topological polar surface area (TPSA) is 0 Å². The molecule has 0 fully saturated rings. The number of halogens is 2. The summed E-state index contributed by atoms with van der Waals surface area (Å²) in [5, 5.41) is 1.64. The van der Waals surface area contributed by atoms with Gasteiger partial charge in [0, 0.05) is 10.0 Å². The summed E-state index contributed by atoms with van der Waals surface area (Å²) in [6, 6.07) is 8.34. The minimum atomic E-state index is 0.819. The highest BCUT2D eigenvalue weighted by atomic mass is 35.5. The highest BCUT2D eigenvalue weighted by Gasteiger charge is 2.09. The van der Waals surface area contributed by atoms with Crippen LogP contribution in [0.4, 0.5) is 0 Å². The molecule has 0 radical (unpaired) electrons. The van der Waals surface area contributed by atoms with Gasteiger partial charge in [-0.05, 0) is 85.3 Å². The summed E-state index contributed by atoms with van der Waals surface area (Å²) < 4.78 is 0. The summed E-state index contributed by atoms with van der Waals surface area (Å²) in [7, 11) is 0. The lowest BCUT2D eigenvalue weighted by Gasteiger charge is -2.13. The van der Waals surface area contributed by atoms with Crippen LogP contribution >= 0.6 is 23.2 Å². The van der Waals surface area contributed by atoms with Gasteiger partial charge in [-0.3, -0.25) is 0 Å². The molecule has 0 bridgehead atoms. The van der Waals surface area contributed by atoms with Crippen LogP contribution in [-0.4, -0.2) is 0 Å². The second kappa shape index (κ2) is 4.95. The van der Waals surface area contributed by atoms with Crippen LogP contribution in [0.25, 0.3) is 11.1 Å². The molecule has 94 valence electrons. The number of hydrogen-bond donors (Lipinski definition) is 0. The van der Waals surface area contributed by atoms with Gasteiger partial charge in [0.25, 0.3) is 0 Å². The number of benzene rings is 2. The quantitative estimate of drug-likeness (QED) is 0.610. The van der Waals surface area contributed by atoms with Gasteiger partial charge in [-0.15, -0.1) is 0 Å². The van der Waals surface area contributed by atoms with Gasteiger partial charge in [0.1, 0.15) is 0 Å². The van der Waals surface area contributed by atoms with Crippen LogP contribution in [0.1, 0.15) is 22.3 Å². The largest absolute Gasteiger partial charge is 0.0840 e. The molecular formula is C16H16Cl2. The molecule has 0 heterocycles. The molecule has 0 saturated heterocycles. The van der Waals surface area contributed by atoms with Crippen molar-refractivity contribution in [2.75, 3.05) is 0 Å². The summed E-state index contributed by atoms with van der Waals surface area (Å²) >= 11 is 12.3. The zero-order chi connectivity index (χ0) is 13.4. The minimum Gasteiger partial charge on any atom is -0.0840 e. The molecule has 2 aromatic carbocycles. The lowest BCUT2D eigenvalue weighted by molar-refractivity contribution is 1.35. The van der Waals surface area contributed by atoms with E-state index < -0.39 is 0 Å². The monoisotopic (exact) mass is 278 g/mol. The van der Waals surface area contributed by atoms with Crippen molar-refractivity contribution in [2.24, 2.45) is 0 Å². The molecule has 0 unspecified atom stereocenters. The number of hydrogen-bond acceptors (Lipinski definition) is 0. The summed E-state index contributed by atoms with van der Waals surface area (Å²) in [4.78, 5) is 0. The van der Waals surface area contributed by atoms with E-state index in [2.05, 4.69) is 26.0 Å². The fraction of sp³-hybridized carbons (Fsp3) is 0.250. The molecule has 2 aromatic rings. The van der Waals surface area contributed by atoms with Crippen molar-refractivity contribution < 1.29 is 0 Å². The van der Waals surface area contributed by atoms with E-state index in [0.29, 0.717) is 0 Å². The summed E-state index contributed by atoms with van der Waals surface area (Å²) in [6.07, 6.45) is 0. The van der Waals surface area contributed by atoms with Gasteiger partial charge in [-0.25, -0.2) is 0 Å². The number of aryl methyl sites for hydroxylation is 4. The summed E-state index contributed by atoms with van der Waals surface area (Å²) in [6.45, 7) is 8.24. The molecule has 0 N–H and O–H groups in total. The molecule has 0 spiro atoms. The molecule has 0 amide bonds. The molecule has 0 saturated carbocycles. The second-order valence-electron chi connectivity index (χ2n) is 4.83. The third-order valence-electron chi connectivity index (χ3n) is 3.30. The molecule has 0 aromatic heterocycles. The first kappa shape index (κ1) is 13.5. The van der Waals surface area contributed by atoms with Crippen molar-refractivity contribution in [1.29, 1.82) is 0 Å². The van der Waals surface area contributed by atoms with Crippen molar-refractivity contribution in [3.8, 4) is 11.1 Å². The Hall–Kier alpha value is -0.980. The van der Waals surface area contributed by atoms with Crippen LogP contribution in [0.2, 0.25) is 10.0 Å². The van der Waals surface area contributed by atoms with Crippen molar-refractivity contribution >= 4 is 23.2 Å². The molecule has 0 aliphatic carbocycles. The Morgan fingerprint density at radius 2 is 0.889 bits per heavy atom. The predicted octanol–water partition coefficient (Wildman–Crippen LogP) is 5.89. The molecule has 0 aliphatic heterocycles. The lowest BCUT2D eigenvalue weighted by Crippen LogP contribution is -1.91. The van der Waals surface area contributed by atoms with Gasteiger partial charge in [-0.1, -0.05) is 23.2 Å². The maximum Gasteiger partial charge on any atom is 0.0438 e. The Labute approximate surface area is 119 Å². The van der Waals surface area contributed by atoms with Crippen LogP contribution in [0.3, 0.4) is 0 Å². The van der Waals surface area contributed by atoms with Gasteiger partial charge in [0.15, 0.2) is 0 Å². The Kier molecular flexibility index (Phi) is 3.70. The molecule has 2 heteroatoms. The van der Waals surface area contributed by atoms with E-state index in [4.69, 9.17) is 23.2 Å². The maximum absolute atomic E-state index is 6.15. The second-order valence-corrected chi connectivity index (χ2v) is 5.65. The Morgan fingerprint density at radius 3 is 1.22 bits per heavy atom. The van der Waals surface area contributed by atoms with E-state index >= 15 is 0 Å². The predicted molar refractivity (Wildman–Crippen MR) is 80.8 cm³/mol.